The van der Waals surface area contributed by atoms with Crippen LogP contribution in [0, 0.1) is 0 Å². The largest absolute Gasteiger partial charge is 0.450 e. The number of benzene rings is 1. The highest BCUT2D eigenvalue weighted by molar-refractivity contribution is 6.34. The third-order valence-corrected chi connectivity index (χ3v) is 6.49. The van der Waals surface area contributed by atoms with Crippen molar-refractivity contribution >= 4 is 40.1 Å². The normalized spacial score (nSPS) is 19.3. The summed E-state index contributed by atoms with van der Waals surface area (Å²) in [6.07, 6.45) is 7.72. The number of nitrogens with two attached hydrogens (primary N) is 1. The van der Waals surface area contributed by atoms with E-state index in [1.807, 2.05) is 0 Å². The van der Waals surface area contributed by atoms with Crippen molar-refractivity contribution in [3.05, 3.63) is 53.0 Å². The maximum absolute atomic E-state index is 12.6. The van der Waals surface area contributed by atoms with Crippen LogP contribution in [0.15, 0.2) is 41.1 Å². The summed E-state index contributed by atoms with van der Waals surface area (Å²) in [5, 5.41) is 8.21. The number of amides is 1. The number of anilines is 1. The zero-order valence-corrected chi connectivity index (χ0v) is 18.1. The molecule has 3 heterocycles. The lowest BCUT2D eigenvalue weighted by Gasteiger charge is -2.46. The van der Waals surface area contributed by atoms with Gasteiger partial charge in [0.25, 0.3) is 5.91 Å². The van der Waals surface area contributed by atoms with E-state index in [0.29, 0.717) is 22.0 Å². The molecule has 1 spiro atoms. The summed E-state index contributed by atoms with van der Waals surface area (Å²) in [6.45, 7) is 0. The Hall–Kier alpha value is -3.10. The molecule has 1 atom stereocenters. The second-order valence-corrected chi connectivity index (χ2v) is 8.76. The van der Waals surface area contributed by atoms with Crippen LogP contribution in [0.3, 0.4) is 0 Å². The van der Waals surface area contributed by atoms with Crippen LogP contribution >= 0.6 is 11.6 Å². The molecule has 1 aromatic carbocycles. The smallest absolute Gasteiger partial charge is 0.314 e. The molecule has 1 aliphatic heterocycles. The molecule has 2 aliphatic rings. The van der Waals surface area contributed by atoms with Gasteiger partial charge < -0.3 is 20.2 Å². The number of esters is 1. The van der Waals surface area contributed by atoms with E-state index >= 15 is 0 Å². The molecule has 0 bridgehead atoms. The number of ether oxygens (including phenoxy) is 1. The van der Waals surface area contributed by atoms with E-state index in [1.165, 1.54) is 6.20 Å². The standard InChI is InChI=1S/C23H23ClN4O4/c24-15-9-13-10-16(22(25)30)32-21(13)19-20(15)27-17(28-23(19)6-2-1-3-7-23)11-18(29)31-14-5-4-8-26-12-14/h4-5,8-10,12,17,27-28H,1-3,6-7,11H2,(H2,25,30). The maximum atomic E-state index is 12.6. The average Bonchev–Trinajstić information content (AvgIpc) is 3.19. The average molecular weight is 455 g/mol. The Labute approximate surface area is 189 Å². The number of primary amides is 1. The number of furan rings is 1. The summed E-state index contributed by atoms with van der Waals surface area (Å²) in [5.74, 6) is -0.520. The van der Waals surface area contributed by atoms with E-state index in [1.54, 1.807) is 30.5 Å². The van der Waals surface area contributed by atoms with Crippen LogP contribution in [0.4, 0.5) is 5.69 Å². The molecule has 32 heavy (non-hydrogen) atoms. The van der Waals surface area contributed by atoms with Crippen molar-refractivity contribution < 1.29 is 18.7 Å². The molecule has 1 aliphatic carbocycles. The van der Waals surface area contributed by atoms with Gasteiger partial charge in [-0.25, -0.2) is 0 Å². The van der Waals surface area contributed by atoms with Crippen molar-refractivity contribution in [1.29, 1.82) is 0 Å². The first-order chi connectivity index (χ1) is 15.4. The van der Waals surface area contributed by atoms with Crippen LogP contribution in [-0.4, -0.2) is 23.0 Å². The van der Waals surface area contributed by atoms with Crippen molar-refractivity contribution in [2.24, 2.45) is 5.73 Å². The van der Waals surface area contributed by atoms with E-state index in [2.05, 4.69) is 15.6 Å². The number of carbonyl (C=O) groups is 2. The fraction of sp³-hybridized carbons (Fsp3) is 0.348. The first-order valence-corrected chi connectivity index (χ1v) is 11.0. The summed E-state index contributed by atoms with van der Waals surface area (Å²) in [5.41, 5.74) is 7.21. The lowest BCUT2D eigenvalue weighted by atomic mass is 9.74. The quantitative estimate of drug-likeness (QED) is 0.508. The highest BCUT2D eigenvalue weighted by Gasteiger charge is 2.44. The lowest BCUT2D eigenvalue weighted by molar-refractivity contribution is -0.135. The van der Waals surface area contributed by atoms with Crippen molar-refractivity contribution in [1.82, 2.24) is 10.3 Å². The molecule has 1 fully saturated rings. The van der Waals surface area contributed by atoms with Gasteiger partial charge in [0.1, 0.15) is 11.3 Å². The minimum Gasteiger partial charge on any atom is -0.450 e. The van der Waals surface area contributed by atoms with Crippen molar-refractivity contribution in [3.8, 4) is 5.75 Å². The molecule has 9 heteroatoms. The van der Waals surface area contributed by atoms with Crippen LogP contribution in [0.25, 0.3) is 11.0 Å². The summed E-state index contributed by atoms with van der Waals surface area (Å²) < 4.78 is 11.3. The third-order valence-electron chi connectivity index (χ3n) is 6.19. The van der Waals surface area contributed by atoms with E-state index in [9.17, 15) is 9.59 Å². The van der Waals surface area contributed by atoms with Gasteiger partial charge in [-0.1, -0.05) is 30.9 Å². The Balaban J connectivity index is 1.52. The van der Waals surface area contributed by atoms with Gasteiger partial charge in [-0.05, 0) is 37.1 Å². The fourth-order valence-electron chi connectivity index (χ4n) is 4.88. The number of rotatable bonds is 4. The second-order valence-electron chi connectivity index (χ2n) is 8.35. The van der Waals surface area contributed by atoms with E-state index in [0.717, 1.165) is 43.1 Å². The number of aromatic nitrogens is 1. The van der Waals surface area contributed by atoms with Gasteiger partial charge in [0.15, 0.2) is 5.76 Å². The van der Waals surface area contributed by atoms with Crippen LogP contribution in [0.5, 0.6) is 5.75 Å². The number of fused-ring (bicyclic) bond motifs is 4. The Morgan fingerprint density at radius 2 is 2.09 bits per heavy atom. The molecular formula is C23H23ClN4O4. The number of halogens is 1. The molecule has 1 amide bonds. The number of pyridine rings is 1. The molecule has 1 unspecified atom stereocenters. The Morgan fingerprint density at radius 1 is 1.28 bits per heavy atom. The maximum Gasteiger partial charge on any atom is 0.314 e. The Morgan fingerprint density at radius 3 is 2.81 bits per heavy atom. The van der Waals surface area contributed by atoms with Crippen LogP contribution in [-0.2, 0) is 10.3 Å². The molecule has 2 aromatic heterocycles. The van der Waals surface area contributed by atoms with Crippen LogP contribution < -0.4 is 21.1 Å². The minimum absolute atomic E-state index is 0.0924. The minimum atomic E-state index is -0.628. The summed E-state index contributed by atoms with van der Waals surface area (Å²) >= 11 is 6.67. The number of nitrogens with zero attached hydrogens (tertiary/aromatic N) is 1. The van der Waals surface area contributed by atoms with Gasteiger partial charge in [-0.15, -0.1) is 0 Å². The highest BCUT2D eigenvalue weighted by Crippen LogP contribution is 2.49. The predicted octanol–water partition coefficient (Wildman–Crippen LogP) is 4.08. The van der Waals surface area contributed by atoms with Gasteiger partial charge in [-0.2, -0.15) is 0 Å². The van der Waals surface area contributed by atoms with Crippen LogP contribution in [0.1, 0.15) is 54.6 Å². The van der Waals surface area contributed by atoms with Crippen molar-refractivity contribution in [3.63, 3.8) is 0 Å². The molecule has 5 rings (SSSR count). The molecule has 166 valence electrons. The third kappa shape index (κ3) is 3.69. The van der Waals surface area contributed by atoms with Crippen molar-refractivity contribution in [2.75, 3.05) is 5.32 Å². The zero-order chi connectivity index (χ0) is 22.3. The lowest BCUT2D eigenvalue weighted by Crippen LogP contribution is -2.56. The first kappa shape index (κ1) is 20.8. The summed E-state index contributed by atoms with van der Waals surface area (Å²) in [4.78, 5) is 28.3. The zero-order valence-electron chi connectivity index (χ0n) is 17.3. The predicted molar refractivity (Wildman–Crippen MR) is 120 cm³/mol. The van der Waals surface area contributed by atoms with E-state index in [-0.39, 0.29) is 24.3 Å². The van der Waals surface area contributed by atoms with Gasteiger partial charge in [0.2, 0.25) is 0 Å². The van der Waals surface area contributed by atoms with Crippen molar-refractivity contribution in [2.45, 2.75) is 50.2 Å². The van der Waals surface area contributed by atoms with Gasteiger partial charge >= 0.3 is 5.97 Å². The first-order valence-electron chi connectivity index (χ1n) is 10.7. The van der Waals surface area contributed by atoms with Gasteiger partial charge in [0.05, 0.1) is 35.0 Å². The van der Waals surface area contributed by atoms with Crippen LogP contribution in [0.2, 0.25) is 5.02 Å². The Bertz CT molecular complexity index is 1190. The molecular weight excluding hydrogens is 432 g/mol. The molecule has 3 aromatic rings. The number of hydrogen-bond donors (Lipinski definition) is 3. The van der Waals surface area contributed by atoms with Gasteiger partial charge in [-0.3, -0.25) is 19.9 Å². The molecule has 8 nitrogen and oxygen atoms in total. The fourth-order valence-corrected chi connectivity index (χ4v) is 5.15. The van der Waals surface area contributed by atoms with E-state index in [4.69, 9.17) is 26.5 Å². The topological polar surface area (TPSA) is 119 Å². The molecule has 0 saturated heterocycles. The number of carbonyl (C=O) groups excluding carboxylic acids is 2. The number of nitrogens with one attached hydrogen (secondary N) is 2. The summed E-state index contributed by atoms with van der Waals surface area (Å²) in [6, 6.07) is 6.77. The second kappa shape index (κ2) is 8.11. The molecule has 4 N–H and O–H groups in total. The Kier molecular flexibility index (Phi) is 5.27. The molecule has 0 radical (unpaired) electrons. The summed E-state index contributed by atoms with van der Waals surface area (Å²) in [7, 11) is 0. The SMILES string of the molecule is NC(=O)c1cc2cc(Cl)c3c(c2o1)C1(CCCCC1)NC(CC(=O)Oc1cccnc1)N3. The monoisotopic (exact) mass is 454 g/mol. The highest BCUT2D eigenvalue weighted by atomic mass is 35.5. The number of hydrogen-bond acceptors (Lipinski definition) is 7. The molecule has 1 saturated carbocycles. The van der Waals surface area contributed by atoms with Gasteiger partial charge in [0, 0.05) is 17.1 Å². The van der Waals surface area contributed by atoms with E-state index < -0.39 is 11.4 Å².